The van der Waals surface area contributed by atoms with Crippen LogP contribution in [-0.2, 0) is 7.05 Å². The number of aliphatic hydroxyl groups excluding tert-OH is 1. The Bertz CT molecular complexity index is 612. The van der Waals surface area contributed by atoms with Crippen LogP contribution in [0.2, 0.25) is 5.02 Å². The van der Waals surface area contributed by atoms with Crippen molar-refractivity contribution in [3.05, 3.63) is 29.0 Å². The lowest BCUT2D eigenvalue weighted by Crippen LogP contribution is -2.39. The molecule has 0 unspecified atom stereocenters. The largest absolute Gasteiger partial charge is 0.395 e. The molecule has 1 aromatic carbocycles. The van der Waals surface area contributed by atoms with Crippen molar-refractivity contribution in [1.82, 2.24) is 14.9 Å². The van der Waals surface area contributed by atoms with E-state index in [1.54, 1.807) is 11.8 Å². The number of hydrogen-bond donors (Lipinski definition) is 2. The van der Waals surface area contributed by atoms with E-state index in [2.05, 4.69) is 28.7 Å². The quantitative estimate of drug-likeness (QED) is 0.856. The van der Waals surface area contributed by atoms with Crippen LogP contribution in [0, 0.1) is 0 Å². The number of fused-ring (bicyclic) bond motifs is 1. The highest BCUT2D eigenvalue weighted by Gasteiger charge is 2.21. The first kappa shape index (κ1) is 16.6. The third kappa shape index (κ3) is 3.54. The van der Waals surface area contributed by atoms with Gasteiger partial charge in [0.25, 0.3) is 0 Å². The summed E-state index contributed by atoms with van der Waals surface area (Å²) in [6.45, 7) is 4.35. The van der Waals surface area contributed by atoms with Crippen molar-refractivity contribution >= 4 is 34.4 Å². The maximum Gasteiger partial charge on any atom is 0.126 e. The molecule has 0 aliphatic heterocycles. The summed E-state index contributed by atoms with van der Waals surface area (Å²) in [5, 5.41) is 13.8. The minimum atomic E-state index is 0.0948. The van der Waals surface area contributed by atoms with E-state index in [4.69, 9.17) is 11.6 Å². The highest BCUT2D eigenvalue weighted by molar-refractivity contribution is 7.99. The lowest BCUT2D eigenvalue weighted by molar-refractivity contribution is 0.270. The lowest BCUT2D eigenvalue weighted by Gasteiger charge is -2.25. The second-order valence-electron chi connectivity index (χ2n) is 5.30. The van der Waals surface area contributed by atoms with Gasteiger partial charge in [-0.05, 0) is 38.3 Å². The number of thioether (sulfide) groups is 1. The zero-order chi connectivity index (χ0) is 15.6. The molecule has 1 aromatic heterocycles. The van der Waals surface area contributed by atoms with Crippen LogP contribution >= 0.6 is 23.4 Å². The van der Waals surface area contributed by atoms with E-state index in [-0.39, 0.29) is 23.9 Å². The van der Waals surface area contributed by atoms with Crippen molar-refractivity contribution in [2.45, 2.75) is 31.2 Å². The third-order valence-electron chi connectivity index (χ3n) is 3.82. The number of aryl methyl sites for hydroxylation is 1. The van der Waals surface area contributed by atoms with Gasteiger partial charge in [0.05, 0.1) is 23.7 Å². The van der Waals surface area contributed by atoms with Crippen molar-refractivity contribution in [2.24, 2.45) is 7.05 Å². The molecule has 0 saturated heterocycles. The smallest absolute Gasteiger partial charge is 0.126 e. The average molecular weight is 328 g/mol. The van der Waals surface area contributed by atoms with Gasteiger partial charge in [0, 0.05) is 23.4 Å². The Hall–Kier alpha value is -0.750. The molecule has 0 radical (unpaired) electrons. The van der Waals surface area contributed by atoms with Crippen LogP contribution in [-0.4, -0.2) is 38.8 Å². The summed E-state index contributed by atoms with van der Waals surface area (Å²) in [5.74, 6) is 0.969. The number of imidazole rings is 1. The highest BCUT2D eigenvalue weighted by Crippen LogP contribution is 2.23. The molecule has 0 spiro atoms. The van der Waals surface area contributed by atoms with Gasteiger partial charge in [0.1, 0.15) is 5.82 Å². The molecule has 0 bridgehead atoms. The highest BCUT2D eigenvalue weighted by atomic mass is 35.5. The summed E-state index contributed by atoms with van der Waals surface area (Å²) >= 11 is 7.70. The molecule has 1 heterocycles. The van der Waals surface area contributed by atoms with Crippen LogP contribution in [0.3, 0.4) is 0 Å². The summed E-state index contributed by atoms with van der Waals surface area (Å²) in [7, 11) is 2.01. The van der Waals surface area contributed by atoms with Crippen LogP contribution in [0.15, 0.2) is 18.2 Å². The van der Waals surface area contributed by atoms with Crippen LogP contribution in [0.1, 0.15) is 25.7 Å². The molecule has 6 heteroatoms. The number of hydrogen-bond acceptors (Lipinski definition) is 4. The first-order valence-corrected chi connectivity index (χ1v) is 8.66. The molecule has 2 N–H and O–H groups in total. The van der Waals surface area contributed by atoms with Crippen molar-refractivity contribution in [3.8, 4) is 0 Å². The van der Waals surface area contributed by atoms with Gasteiger partial charge >= 0.3 is 0 Å². The van der Waals surface area contributed by atoms with Crippen molar-refractivity contribution in [3.63, 3.8) is 0 Å². The van der Waals surface area contributed by atoms with E-state index in [0.717, 1.165) is 16.9 Å². The average Bonchev–Trinajstić information content (AvgIpc) is 2.76. The minimum Gasteiger partial charge on any atom is -0.395 e. The SMILES string of the molecule is CS[C@H](CO)[C@@H](C)N[C@@H](C)c1nc2cc(Cl)ccc2n1C. The zero-order valence-corrected chi connectivity index (χ0v) is 14.4. The third-order valence-corrected chi connectivity index (χ3v) is 5.22. The number of nitrogens with zero attached hydrogens (tertiary/aromatic N) is 2. The predicted molar refractivity (Wildman–Crippen MR) is 91.1 cm³/mol. The summed E-state index contributed by atoms with van der Waals surface area (Å²) < 4.78 is 2.09. The molecule has 0 aliphatic rings. The fourth-order valence-corrected chi connectivity index (χ4v) is 3.39. The van der Waals surface area contributed by atoms with Gasteiger partial charge in [0.2, 0.25) is 0 Å². The Morgan fingerprint density at radius 2 is 2.14 bits per heavy atom. The monoisotopic (exact) mass is 327 g/mol. The predicted octanol–water partition coefficient (Wildman–Crippen LogP) is 2.99. The minimum absolute atomic E-state index is 0.0948. The molecule has 116 valence electrons. The fourth-order valence-electron chi connectivity index (χ4n) is 2.59. The van der Waals surface area contributed by atoms with Gasteiger partial charge in [-0.25, -0.2) is 4.98 Å². The molecule has 21 heavy (non-hydrogen) atoms. The number of nitrogens with one attached hydrogen (secondary N) is 1. The first-order valence-electron chi connectivity index (χ1n) is 6.99. The summed E-state index contributed by atoms with van der Waals surface area (Å²) in [4.78, 5) is 4.68. The number of benzene rings is 1. The first-order chi connectivity index (χ1) is 9.97. The summed E-state index contributed by atoms with van der Waals surface area (Å²) in [6, 6.07) is 6.05. The van der Waals surface area contributed by atoms with Crippen LogP contribution in [0.4, 0.5) is 0 Å². The Morgan fingerprint density at radius 1 is 1.43 bits per heavy atom. The standard InChI is InChI=1S/C15H22ClN3OS/c1-9(14(8-20)21-4)17-10(2)15-18-12-7-11(16)5-6-13(12)19(15)3/h5-7,9-10,14,17,20H,8H2,1-4H3/t9-,10+,14-/m1/s1. The molecule has 0 saturated carbocycles. The number of rotatable bonds is 6. The van der Waals surface area contributed by atoms with Gasteiger partial charge in [0.15, 0.2) is 0 Å². The lowest BCUT2D eigenvalue weighted by atomic mass is 10.2. The molecule has 4 nitrogen and oxygen atoms in total. The van der Waals surface area contributed by atoms with E-state index in [1.165, 1.54) is 0 Å². The van der Waals surface area contributed by atoms with E-state index < -0.39 is 0 Å². The Morgan fingerprint density at radius 3 is 2.76 bits per heavy atom. The van der Waals surface area contributed by atoms with Gasteiger partial charge in [-0.1, -0.05) is 11.6 Å². The van der Waals surface area contributed by atoms with Gasteiger partial charge in [-0.15, -0.1) is 0 Å². The van der Waals surface area contributed by atoms with E-state index >= 15 is 0 Å². The number of aliphatic hydroxyl groups is 1. The zero-order valence-electron chi connectivity index (χ0n) is 12.8. The van der Waals surface area contributed by atoms with E-state index in [9.17, 15) is 5.11 Å². The van der Waals surface area contributed by atoms with E-state index in [0.29, 0.717) is 5.02 Å². The fraction of sp³-hybridized carbons (Fsp3) is 0.533. The Labute approximate surface area is 134 Å². The van der Waals surface area contributed by atoms with Gasteiger partial charge in [-0.3, -0.25) is 0 Å². The van der Waals surface area contributed by atoms with Crippen molar-refractivity contribution < 1.29 is 5.11 Å². The number of aromatic nitrogens is 2. The molecule has 0 amide bonds. The second-order valence-corrected chi connectivity index (χ2v) is 6.81. The van der Waals surface area contributed by atoms with Crippen molar-refractivity contribution in [2.75, 3.05) is 12.9 Å². The van der Waals surface area contributed by atoms with Crippen LogP contribution in [0.25, 0.3) is 11.0 Å². The van der Waals surface area contributed by atoms with E-state index in [1.807, 2.05) is 31.5 Å². The molecular weight excluding hydrogens is 306 g/mol. The molecule has 0 aliphatic carbocycles. The molecule has 2 rings (SSSR count). The maximum absolute atomic E-state index is 9.38. The second kappa shape index (κ2) is 7.01. The van der Waals surface area contributed by atoms with Gasteiger partial charge < -0.3 is 15.0 Å². The van der Waals surface area contributed by atoms with Crippen LogP contribution in [0.5, 0.6) is 0 Å². The summed E-state index contributed by atoms with van der Waals surface area (Å²) in [5.41, 5.74) is 1.98. The maximum atomic E-state index is 9.38. The normalized spacial score (nSPS) is 16.1. The number of halogens is 1. The Balaban J connectivity index is 2.23. The summed E-state index contributed by atoms with van der Waals surface area (Å²) in [6.07, 6.45) is 2.01. The van der Waals surface area contributed by atoms with Crippen molar-refractivity contribution in [1.29, 1.82) is 0 Å². The van der Waals surface area contributed by atoms with Gasteiger partial charge in [-0.2, -0.15) is 11.8 Å². The molecule has 0 fully saturated rings. The molecular formula is C15H22ClN3OS. The van der Waals surface area contributed by atoms with Crippen LogP contribution < -0.4 is 5.32 Å². The molecule has 2 aromatic rings. The molecule has 3 atom stereocenters. The Kier molecular flexibility index (Phi) is 5.54. The topological polar surface area (TPSA) is 50.1 Å².